The van der Waals surface area contributed by atoms with E-state index in [0.29, 0.717) is 6.42 Å². The van der Waals surface area contributed by atoms with Gasteiger partial charge in [-0.05, 0) is 24.3 Å². The van der Waals surface area contributed by atoms with E-state index in [4.69, 9.17) is 0 Å². The van der Waals surface area contributed by atoms with Gasteiger partial charge in [0.15, 0.2) is 5.96 Å². The van der Waals surface area contributed by atoms with Gasteiger partial charge in [-0.15, -0.1) is 11.3 Å². The summed E-state index contributed by atoms with van der Waals surface area (Å²) in [5, 5.41) is 8.81. The van der Waals surface area contributed by atoms with Crippen molar-refractivity contribution in [2.75, 3.05) is 27.2 Å². The molecule has 0 atom stereocenters. The fourth-order valence-corrected chi connectivity index (χ4v) is 3.01. The maximum absolute atomic E-state index is 11.0. The molecule has 23 heavy (non-hydrogen) atoms. The van der Waals surface area contributed by atoms with Gasteiger partial charge in [-0.1, -0.05) is 26.3 Å². The molecule has 0 aromatic carbocycles. The molecule has 0 saturated heterocycles. The number of nitrogens with one attached hydrogen (secondary N) is 2. The van der Waals surface area contributed by atoms with E-state index in [9.17, 15) is 4.79 Å². The minimum absolute atomic E-state index is 0.0757. The summed E-state index contributed by atoms with van der Waals surface area (Å²) in [5.74, 6) is 0.689. The van der Waals surface area contributed by atoms with Gasteiger partial charge in [0.05, 0.1) is 7.11 Å². The molecule has 6 heteroatoms. The normalized spacial score (nSPS) is 12.1. The van der Waals surface area contributed by atoms with Gasteiger partial charge in [-0.25, -0.2) is 0 Å². The first-order valence-electron chi connectivity index (χ1n) is 8.05. The molecule has 1 aromatic heterocycles. The lowest BCUT2D eigenvalue weighted by Crippen LogP contribution is -2.43. The standard InChI is InChI=1S/C17H29N3O2S/c1-17(2,14-9-8-12-23-14)13-20-16(18-3)19-11-7-5-6-10-15(21)22-4/h8-9,12H,5-7,10-11,13H2,1-4H3,(H2,18,19,20). The van der Waals surface area contributed by atoms with Crippen molar-refractivity contribution in [2.45, 2.75) is 44.9 Å². The van der Waals surface area contributed by atoms with Gasteiger partial charge >= 0.3 is 5.97 Å². The number of guanidine groups is 1. The van der Waals surface area contributed by atoms with Crippen molar-refractivity contribution < 1.29 is 9.53 Å². The first-order chi connectivity index (χ1) is 11.0. The van der Waals surface area contributed by atoms with Crippen LogP contribution >= 0.6 is 11.3 Å². The number of ether oxygens (including phenoxy) is 1. The molecule has 0 radical (unpaired) electrons. The third-order valence-electron chi connectivity index (χ3n) is 3.69. The zero-order valence-electron chi connectivity index (χ0n) is 14.6. The Hall–Kier alpha value is -1.56. The van der Waals surface area contributed by atoms with Gasteiger partial charge in [-0.3, -0.25) is 9.79 Å². The van der Waals surface area contributed by atoms with Crippen molar-refractivity contribution in [1.29, 1.82) is 0 Å². The van der Waals surface area contributed by atoms with E-state index in [-0.39, 0.29) is 11.4 Å². The summed E-state index contributed by atoms with van der Waals surface area (Å²) in [4.78, 5) is 16.6. The number of thiophene rings is 1. The topological polar surface area (TPSA) is 62.7 Å². The fraction of sp³-hybridized carbons (Fsp3) is 0.647. The summed E-state index contributed by atoms with van der Waals surface area (Å²) in [6, 6.07) is 4.26. The highest BCUT2D eigenvalue weighted by Gasteiger charge is 2.21. The van der Waals surface area contributed by atoms with Crippen molar-refractivity contribution in [3.63, 3.8) is 0 Å². The zero-order chi connectivity index (χ0) is 17.1. The molecular formula is C17H29N3O2S. The predicted octanol–water partition coefficient (Wildman–Crippen LogP) is 2.92. The Balaban J connectivity index is 2.21. The Bertz CT molecular complexity index is 484. The second-order valence-electron chi connectivity index (χ2n) is 6.10. The van der Waals surface area contributed by atoms with Gasteiger partial charge in [0.2, 0.25) is 0 Å². The summed E-state index contributed by atoms with van der Waals surface area (Å²) in [5.41, 5.74) is 0.0757. The van der Waals surface area contributed by atoms with Crippen LogP contribution in [0.4, 0.5) is 0 Å². The summed E-state index contributed by atoms with van der Waals surface area (Å²) >= 11 is 1.78. The van der Waals surface area contributed by atoms with Gasteiger partial charge in [0.1, 0.15) is 0 Å². The zero-order valence-corrected chi connectivity index (χ0v) is 15.5. The summed E-state index contributed by atoms with van der Waals surface area (Å²) < 4.78 is 4.62. The average Bonchev–Trinajstić information content (AvgIpc) is 3.08. The van der Waals surface area contributed by atoms with Crippen LogP contribution in [-0.4, -0.2) is 39.2 Å². The maximum Gasteiger partial charge on any atom is 0.305 e. The molecule has 1 rings (SSSR count). The van der Waals surface area contributed by atoms with E-state index in [1.54, 1.807) is 18.4 Å². The summed E-state index contributed by atoms with van der Waals surface area (Å²) in [6.07, 6.45) is 3.37. The number of rotatable bonds is 9. The Kier molecular flexibility index (Phi) is 8.69. The lowest BCUT2D eigenvalue weighted by atomic mass is 9.91. The number of carbonyl (C=O) groups excluding carboxylic acids is 1. The van der Waals surface area contributed by atoms with Crippen molar-refractivity contribution in [2.24, 2.45) is 4.99 Å². The van der Waals surface area contributed by atoms with Crippen LogP contribution in [0.3, 0.4) is 0 Å². The van der Waals surface area contributed by atoms with Crippen molar-refractivity contribution >= 4 is 23.3 Å². The molecule has 0 saturated carbocycles. The van der Waals surface area contributed by atoms with Gasteiger partial charge in [0, 0.05) is 36.9 Å². The van der Waals surface area contributed by atoms with Gasteiger partial charge in [-0.2, -0.15) is 0 Å². The summed E-state index contributed by atoms with van der Waals surface area (Å²) in [6.45, 7) is 6.13. The SMILES string of the molecule is CN=C(NCCCCCC(=O)OC)NCC(C)(C)c1cccs1. The van der Waals surface area contributed by atoms with Crippen molar-refractivity contribution in [3.8, 4) is 0 Å². The Morgan fingerprint density at radius 3 is 2.70 bits per heavy atom. The quantitative estimate of drug-likeness (QED) is 0.314. The Morgan fingerprint density at radius 2 is 2.09 bits per heavy atom. The largest absolute Gasteiger partial charge is 0.469 e. The number of hydrogen-bond donors (Lipinski definition) is 2. The third-order valence-corrected chi connectivity index (χ3v) is 4.92. The monoisotopic (exact) mass is 339 g/mol. The minimum atomic E-state index is -0.133. The number of unbranched alkanes of at least 4 members (excludes halogenated alkanes) is 2. The molecule has 0 bridgehead atoms. The molecule has 2 N–H and O–H groups in total. The van der Waals surface area contributed by atoms with E-state index in [1.807, 2.05) is 0 Å². The number of nitrogens with zero attached hydrogens (tertiary/aromatic N) is 1. The first kappa shape index (κ1) is 19.5. The highest BCUT2D eigenvalue weighted by Crippen LogP contribution is 2.26. The molecule has 1 aromatic rings. The molecule has 130 valence electrons. The predicted molar refractivity (Wildman–Crippen MR) is 97.2 cm³/mol. The number of methoxy groups -OCH3 is 1. The van der Waals surface area contributed by atoms with Crippen LogP contribution in [0.1, 0.15) is 44.4 Å². The Labute approximate surface area is 143 Å². The van der Waals surface area contributed by atoms with E-state index in [1.165, 1.54) is 12.0 Å². The lowest BCUT2D eigenvalue weighted by molar-refractivity contribution is -0.140. The van der Waals surface area contributed by atoms with Crippen LogP contribution in [0.15, 0.2) is 22.5 Å². The lowest BCUT2D eigenvalue weighted by Gasteiger charge is -2.25. The molecule has 0 unspecified atom stereocenters. The molecule has 0 amide bonds. The Morgan fingerprint density at radius 1 is 1.30 bits per heavy atom. The molecule has 1 heterocycles. The summed E-state index contributed by atoms with van der Waals surface area (Å²) in [7, 11) is 3.21. The fourth-order valence-electron chi connectivity index (χ4n) is 2.16. The highest BCUT2D eigenvalue weighted by molar-refractivity contribution is 7.10. The molecule has 0 aliphatic heterocycles. The number of carbonyl (C=O) groups is 1. The minimum Gasteiger partial charge on any atom is -0.469 e. The van der Waals surface area contributed by atoms with Crippen LogP contribution in [0.25, 0.3) is 0 Å². The van der Waals surface area contributed by atoms with Gasteiger partial charge in [0.25, 0.3) is 0 Å². The molecule has 0 aliphatic rings. The maximum atomic E-state index is 11.0. The highest BCUT2D eigenvalue weighted by atomic mass is 32.1. The average molecular weight is 340 g/mol. The van der Waals surface area contributed by atoms with Crippen LogP contribution < -0.4 is 10.6 Å². The van der Waals surface area contributed by atoms with Gasteiger partial charge < -0.3 is 15.4 Å². The van der Waals surface area contributed by atoms with Crippen LogP contribution in [0.2, 0.25) is 0 Å². The molecular weight excluding hydrogens is 310 g/mol. The van der Waals surface area contributed by atoms with E-state index in [0.717, 1.165) is 38.3 Å². The number of esters is 1. The van der Waals surface area contributed by atoms with Crippen molar-refractivity contribution in [1.82, 2.24) is 10.6 Å². The smallest absolute Gasteiger partial charge is 0.305 e. The second kappa shape index (κ2) is 10.3. The van der Waals surface area contributed by atoms with E-state index >= 15 is 0 Å². The molecule has 5 nitrogen and oxygen atoms in total. The first-order valence-corrected chi connectivity index (χ1v) is 8.93. The van der Waals surface area contributed by atoms with Crippen LogP contribution in [-0.2, 0) is 14.9 Å². The second-order valence-corrected chi connectivity index (χ2v) is 7.05. The van der Waals surface area contributed by atoms with E-state index < -0.39 is 0 Å². The number of aliphatic imine (C=N–C) groups is 1. The van der Waals surface area contributed by atoms with Crippen molar-refractivity contribution in [3.05, 3.63) is 22.4 Å². The molecule has 0 aliphatic carbocycles. The van der Waals surface area contributed by atoms with E-state index in [2.05, 4.69) is 51.7 Å². The number of hydrogen-bond acceptors (Lipinski definition) is 4. The van der Waals surface area contributed by atoms with Crippen LogP contribution in [0.5, 0.6) is 0 Å². The van der Waals surface area contributed by atoms with Crippen LogP contribution in [0, 0.1) is 0 Å². The molecule has 0 spiro atoms. The molecule has 0 fully saturated rings. The third kappa shape index (κ3) is 7.50.